The first-order valence-electron chi connectivity index (χ1n) is 14.1. The molecule has 1 aromatic heterocycles. The number of carbonyl (C=O) groups excluding carboxylic acids is 2. The van der Waals surface area contributed by atoms with Crippen molar-refractivity contribution >= 4 is 17.5 Å². The maximum atomic E-state index is 13.9. The molecule has 1 heterocycles. The Balaban J connectivity index is 1.41. The van der Waals surface area contributed by atoms with Gasteiger partial charge in [0.1, 0.15) is 11.7 Å². The van der Waals surface area contributed by atoms with E-state index in [1.54, 1.807) is 4.90 Å². The van der Waals surface area contributed by atoms with Crippen LogP contribution in [0.4, 0.5) is 5.69 Å². The average molecular weight is 498 g/mol. The molecule has 2 N–H and O–H groups in total. The van der Waals surface area contributed by atoms with Gasteiger partial charge in [-0.1, -0.05) is 81.0 Å². The summed E-state index contributed by atoms with van der Waals surface area (Å²) in [6.07, 6.45) is 11.9. The van der Waals surface area contributed by atoms with Crippen LogP contribution in [0.15, 0.2) is 66.7 Å². The van der Waals surface area contributed by atoms with Crippen molar-refractivity contribution in [2.45, 2.75) is 89.1 Å². The number of rotatable bonds is 7. The van der Waals surface area contributed by atoms with E-state index >= 15 is 0 Å². The molecule has 2 aromatic carbocycles. The zero-order chi connectivity index (χ0) is 25.6. The fourth-order valence-corrected chi connectivity index (χ4v) is 5.98. The lowest BCUT2D eigenvalue weighted by Gasteiger charge is -2.31. The number of aromatic nitrogens is 1. The Hall–Kier alpha value is -3.34. The first-order valence-corrected chi connectivity index (χ1v) is 14.1. The number of nitrogens with zero attached hydrogens (tertiary/aromatic N) is 1. The summed E-state index contributed by atoms with van der Waals surface area (Å²) < 4.78 is 0. The summed E-state index contributed by atoms with van der Waals surface area (Å²) in [4.78, 5) is 32.3. The summed E-state index contributed by atoms with van der Waals surface area (Å²) in [5.41, 5.74) is 4.48. The van der Waals surface area contributed by atoms with E-state index in [1.807, 2.05) is 61.5 Å². The first-order chi connectivity index (χ1) is 18.1. The Kier molecular flexibility index (Phi) is 8.08. The van der Waals surface area contributed by atoms with Crippen molar-refractivity contribution < 1.29 is 9.59 Å². The standard InChI is InChI=1S/C32H39N3O2/c1-23(31(36)33-27-15-9-4-10-16-27)35(28-19-17-25(18-20-28)24-11-5-2-6-12-24)32(37)30-22-21-29(34-30)26-13-7-3-8-14-26/h3,7-8,13-14,17-24,27,34H,2,4-6,9-12,15-16H2,1H3,(H,33,36)/t23-/m1/s1. The maximum Gasteiger partial charge on any atom is 0.275 e. The summed E-state index contributed by atoms with van der Waals surface area (Å²) in [5, 5.41) is 3.23. The lowest BCUT2D eigenvalue weighted by molar-refractivity contribution is -0.122. The normalized spacial score (nSPS) is 17.8. The van der Waals surface area contributed by atoms with Crippen LogP contribution in [0, 0.1) is 0 Å². The average Bonchev–Trinajstić information content (AvgIpc) is 3.46. The zero-order valence-electron chi connectivity index (χ0n) is 21.9. The van der Waals surface area contributed by atoms with Crippen molar-refractivity contribution in [3.8, 4) is 11.3 Å². The predicted molar refractivity (Wildman–Crippen MR) is 150 cm³/mol. The van der Waals surface area contributed by atoms with Gasteiger partial charge >= 0.3 is 0 Å². The highest BCUT2D eigenvalue weighted by Gasteiger charge is 2.31. The van der Waals surface area contributed by atoms with E-state index in [4.69, 9.17) is 0 Å². The van der Waals surface area contributed by atoms with Crippen LogP contribution < -0.4 is 10.2 Å². The van der Waals surface area contributed by atoms with Crippen LogP contribution in [-0.4, -0.2) is 28.9 Å². The van der Waals surface area contributed by atoms with Gasteiger partial charge in [-0.05, 0) is 73.9 Å². The minimum Gasteiger partial charge on any atom is -0.352 e. The predicted octanol–water partition coefficient (Wildman–Crippen LogP) is 7.21. The highest BCUT2D eigenvalue weighted by atomic mass is 16.2. The number of aromatic amines is 1. The smallest absolute Gasteiger partial charge is 0.275 e. The van der Waals surface area contributed by atoms with E-state index in [0.29, 0.717) is 11.6 Å². The molecule has 5 heteroatoms. The SMILES string of the molecule is C[C@H](C(=O)NC1CCCCC1)N(C(=O)c1ccc(-c2ccccc2)[nH]1)c1ccc(C2CCCCC2)cc1. The minimum atomic E-state index is -0.626. The van der Waals surface area contributed by atoms with Crippen LogP contribution in [0.25, 0.3) is 11.3 Å². The molecule has 2 amide bonds. The van der Waals surface area contributed by atoms with E-state index in [2.05, 4.69) is 22.4 Å². The molecule has 5 rings (SSSR count). The molecule has 37 heavy (non-hydrogen) atoms. The molecule has 5 nitrogen and oxygen atoms in total. The quantitative estimate of drug-likeness (QED) is 0.362. The van der Waals surface area contributed by atoms with Gasteiger partial charge in [0.25, 0.3) is 5.91 Å². The molecule has 0 unspecified atom stereocenters. The van der Waals surface area contributed by atoms with Crippen molar-refractivity contribution in [3.05, 3.63) is 78.0 Å². The molecule has 0 radical (unpaired) electrons. The molecule has 2 aliphatic rings. The molecule has 3 aromatic rings. The van der Waals surface area contributed by atoms with Gasteiger partial charge in [-0.15, -0.1) is 0 Å². The lowest BCUT2D eigenvalue weighted by Crippen LogP contribution is -2.51. The van der Waals surface area contributed by atoms with Crippen molar-refractivity contribution in [2.75, 3.05) is 4.90 Å². The molecule has 0 spiro atoms. The second-order valence-electron chi connectivity index (χ2n) is 10.8. The Morgan fingerprint density at radius 2 is 1.46 bits per heavy atom. The number of amides is 2. The van der Waals surface area contributed by atoms with Gasteiger partial charge in [0.15, 0.2) is 0 Å². The molecule has 1 atom stereocenters. The first kappa shape index (κ1) is 25.3. The maximum absolute atomic E-state index is 13.9. The van der Waals surface area contributed by atoms with Crippen LogP contribution >= 0.6 is 0 Å². The molecule has 0 aliphatic heterocycles. The molecular formula is C32H39N3O2. The fourth-order valence-electron chi connectivity index (χ4n) is 5.98. The Morgan fingerprint density at radius 3 is 2.14 bits per heavy atom. The third-order valence-corrected chi connectivity index (χ3v) is 8.19. The number of benzene rings is 2. The largest absolute Gasteiger partial charge is 0.352 e. The van der Waals surface area contributed by atoms with E-state index in [9.17, 15) is 9.59 Å². The van der Waals surface area contributed by atoms with Gasteiger partial charge in [-0.25, -0.2) is 0 Å². The Bertz CT molecular complexity index is 1170. The van der Waals surface area contributed by atoms with Gasteiger partial charge in [-0.2, -0.15) is 0 Å². The second-order valence-corrected chi connectivity index (χ2v) is 10.8. The van der Waals surface area contributed by atoms with Gasteiger partial charge in [0.2, 0.25) is 5.91 Å². The Labute approximate surface area is 220 Å². The van der Waals surface area contributed by atoms with Crippen molar-refractivity contribution in [3.63, 3.8) is 0 Å². The lowest BCUT2D eigenvalue weighted by atomic mass is 9.84. The van der Waals surface area contributed by atoms with Crippen molar-refractivity contribution in [2.24, 2.45) is 0 Å². The van der Waals surface area contributed by atoms with Gasteiger partial charge in [-0.3, -0.25) is 14.5 Å². The summed E-state index contributed by atoms with van der Waals surface area (Å²) in [6, 6.07) is 21.6. The van der Waals surface area contributed by atoms with Gasteiger partial charge < -0.3 is 10.3 Å². The van der Waals surface area contributed by atoms with Crippen LogP contribution in [-0.2, 0) is 4.79 Å². The highest BCUT2D eigenvalue weighted by molar-refractivity contribution is 6.09. The molecule has 2 fully saturated rings. The minimum absolute atomic E-state index is 0.0913. The third-order valence-electron chi connectivity index (χ3n) is 8.19. The number of hydrogen-bond acceptors (Lipinski definition) is 2. The summed E-state index contributed by atoms with van der Waals surface area (Å²) in [5.74, 6) is 0.307. The van der Waals surface area contributed by atoms with Crippen LogP contribution in [0.5, 0.6) is 0 Å². The van der Waals surface area contributed by atoms with E-state index < -0.39 is 6.04 Å². The molecule has 0 saturated heterocycles. The van der Waals surface area contributed by atoms with Crippen LogP contribution in [0.1, 0.15) is 93.1 Å². The second kappa shape index (κ2) is 11.8. The molecular weight excluding hydrogens is 458 g/mol. The number of H-pyrrole nitrogens is 1. The molecule has 2 aliphatic carbocycles. The topological polar surface area (TPSA) is 65.2 Å². The van der Waals surface area contributed by atoms with Crippen molar-refractivity contribution in [1.29, 1.82) is 0 Å². The van der Waals surface area contributed by atoms with Gasteiger partial charge in [0.05, 0.1) is 0 Å². The van der Waals surface area contributed by atoms with Gasteiger partial charge in [0, 0.05) is 17.4 Å². The van der Waals surface area contributed by atoms with E-state index in [0.717, 1.165) is 42.6 Å². The number of carbonyl (C=O) groups is 2. The Morgan fingerprint density at radius 1 is 0.811 bits per heavy atom. The monoisotopic (exact) mass is 497 g/mol. The zero-order valence-corrected chi connectivity index (χ0v) is 21.9. The molecule has 2 saturated carbocycles. The third kappa shape index (κ3) is 5.98. The van der Waals surface area contributed by atoms with Crippen LogP contribution in [0.3, 0.4) is 0 Å². The summed E-state index contributed by atoms with van der Waals surface area (Å²) in [6.45, 7) is 1.84. The molecule has 0 bridgehead atoms. The fraction of sp³-hybridized carbons (Fsp3) is 0.438. The summed E-state index contributed by atoms with van der Waals surface area (Å²) >= 11 is 0. The van der Waals surface area contributed by atoms with E-state index in [1.165, 1.54) is 44.1 Å². The number of nitrogens with one attached hydrogen (secondary N) is 2. The molecule has 194 valence electrons. The van der Waals surface area contributed by atoms with Crippen LogP contribution in [0.2, 0.25) is 0 Å². The van der Waals surface area contributed by atoms with Crippen molar-refractivity contribution in [1.82, 2.24) is 10.3 Å². The highest BCUT2D eigenvalue weighted by Crippen LogP contribution is 2.34. The number of anilines is 1. The summed E-state index contributed by atoms with van der Waals surface area (Å²) in [7, 11) is 0. The van der Waals surface area contributed by atoms with E-state index in [-0.39, 0.29) is 17.9 Å². The number of hydrogen-bond donors (Lipinski definition) is 2.